The van der Waals surface area contributed by atoms with E-state index in [9.17, 15) is 4.79 Å². The van der Waals surface area contributed by atoms with E-state index in [1.165, 1.54) is 6.33 Å². The molecular formula is C16H20N4O2. The van der Waals surface area contributed by atoms with Crippen molar-refractivity contribution in [1.29, 1.82) is 0 Å². The summed E-state index contributed by atoms with van der Waals surface area (Å²) in [6, 6.07) is 7.58. The van der Waals surface area contributed by atoms with E-state index >= 15 is 0 Å². The van der Waals surface area contributed by atoms with Crippen LogP contribution in [0.15, 0.2) is 36.9 Å². The summed E-state index contributed by atoms with van der Waals surface area (Å²) in [5.41, 5.74) is 1.74. The van der Waals surface area contributed by atoms with Crippen molar-refractivity contribution in [2.24, 2.45) is 0 Å². The van der Waals surface area contributed by atoms with Crippen LogP contribution in [0.25, 0.3) is 0 Å². The van der Waals surface area contributed by atoms with Crippen LogP contribution >= 0.6 is 0 Å². The van der Waals surface area contributed by atoms with E-state index in [0.717, 1.165) is 25.0 Å². The molecule has 0 bridgehead atoms. The number of hydrogen-bond acceptors (Lipinski definition) is 4. The second kappa shape index (κ2) is 6.70. The lowest BCUT2D eigenvalue weighted by Gasteiger charge is -2.20. The molecule has 2 atom stereocenters. The molecule has 116 valence electrons. The zero-order valence-electron chi connectivity index (χ0n) is 12.6. The van der Waals surface area contributed by atoms with E-state index in [1.54, 1.807) is 11.0 Å². The Morgan fingerprint density at radius 3 is 2.91 bits per heavy atom. The Morgan fingerprint density at radius 2 is 2.27 bits per heavy atom. The fourth-order valence-corrected chi connectivity index (χ4v) is 2.64. The Hall–Kier alpha value is -2.21. The Bertz CT molecular complexity index is 604. The third-order valence-electron chi connectivity index (χ3n) is 3.91. The van der Waals surface area contributed by atoms with Crippen LogP contribution in [0, 0.1) is 0 Å². The first-order valence-corrected chi connectivity index (χ1v) is 7.56. The van der Waals surface area contributed by atoms with Crippen LogP contribution < -0.4 is 5.32 Å². The van der Waals surface area contributed by atoms with Crippen molar-refractivity contribution < 1.29 is 9.53 Å². The van der Waals surface area contributed by atoms with Gasteiger partial charge in [-0.25, -0.2) is 9.67 Å². The van der Waals surface area contributed by atoms with E-state index < -0.39 is 0 Å². The maximum absolute atomic E-state index is 12.2. The summed E-state index contributed by atoms with van der Waals surface area (Å²) in [4.78, 5) is 16.2. The van der Waals surface area contributed by atoms with Crippen LogP contribution in [0.3, 0.4) is 0 Å². The van der Waals surface area contributed by atoms with Gasteiger partial charge in [0.2, 0.25) is 0 Å². The summed E-state index contributed by atoms with van der Waals surface area (Å²) < 4.78 is 7.34. The van der Waals surface area contributed by atoms with Gasteiger partial charge in [0, 0.05) is 12.2 Å². The van der Waals surface area contributed by atoms with Gasteiger partial charge in [0.1, 0.15) is 12.7 Å². The molecule has 22 heavy (non-hydrogen) atoms. The van der Waals surface area contributed by atoms with Gasteiger partial charge < -0.3 is 10.1 Å². The number of amides is 1. The van der Waals surface area contributed by atoms with Gasteiger partial charge in [0.25, 0.3) is 5.91 Å². The van der Waals surface area contributed by atoms with Crippen molar-refractivity contribution >= 4 is 5.91 Å². The van der Waals surface area contributed by atoms with E-state index in [1.807, 2.05) is 31.2 Å². The Balaban J connectivity index is 1.58. The van der Waals surface area contributed by atoms with Gasteiger partial charge in [0.05, 0.1) is 18.7 Å². The second-order valence-corrected chi connectivity index (χ2v) is 5.60. The summed E-state index contributed by atoms with van der Waals surface area (Å²) in [5, 5.41) is 7.08. The first kappa shape index (κ1) is 14.7. The van der Waals surface area contributed by atoms with Gasteiger partial charge in [-0.15, -0.1) is 0 Å². The largest absolute Gasteiger partial charge is 0.376 e. The predicted molar refractivity (Wildman–Crippen MR) is 81.5 cm³/mol. The van der Waals surface area contributed by atoms with Crippen LogP contribution in [-0.2, 0) is 11.3 Å². The minimum Gasteiger partial charge on any atom is -0.376 e. The predicted octanol–water partition coefficient (Wildman–Crippen LogP) is 1.62. The number of carbonyl (C=O) groups is 1. The van der Waals surface area contributed by atoms with Crippen LogP contribution in [0.5, 0.6) is 0 Å². The molecule has 6 heteroatoms. The Morgan fingerprint density at radius 1 is 1.45 bits per heavy atom. The molecule has 0 radical (unpaired) electrons. The van der Waals surface area contributed by atoms with Crippen LogP contribution in [-0.4, -0.2) is 39.4 Å². The molecule has 1 saturated heterocycles. The van der Waals surface area contributed by atoms with Gasteiger partial charge >= 0.3 is 0 Å². The molecule has 2 aromatic rings. The number of carbonyl (C=O) groups excluding carboxylic acids is 1. The number of ether oxygens (including phenoxy) is 1. The number of nitrogens with zero attached hydrogens (tertiary/aromatic N) is 3. The molecule has 0 saturated carbocycles. The number of rotatable bonds is 5. The minimum atomic E-state index is -0.0599. The summed E-state index contributed by atoms with van der Waals surface area (Å²) in [7, 11) is 0. The molecule has 1 fully saturated rings. The van der Waals surface area contributed by atoms with Crippen molar-refractivity contribution in [3.05, 3.63) is 48.0 Å². The lowest BCUT2D eigenvalue weighted by molar-refractivity contribution is 0.0712. The molecule has 0 spiro atoms. The highest BCUT2D eigenvalue weighted by Gasteiger charge is 2.23. The summed E-state index contributed by atoms with van der Waals surface area (Å²) >= 11 is 0. The number of hydrogen-bond donors (Lipinski definition) is 1. The van der Waals surface area contributed by atoms with Crippen LogP contribution in [0.4, 0.5) is 0 Å². The molecule has 3 rings (SSSR count). The van der Waals surface area contributed by atoms with Crippen molar-refractivity contribution in [3.63, 3.8) is 0 Å². The van der Waals surface area contributed by atoms with E-state index in [0.29, 0.717) is 12.1 Å². The maximum atomic E-state index is 12.2. The van der Waals surface area contributed by atoms with Crippen molar-refractivity contribution in [2.75, 3.05) is 6.61 Å². The lowest BCUT2D eigenvalue weighted by atomic mass is 10.1. The topological polar surface area (TPSA) is 69.0 Å². The fraction of sp³-hybridized carbons (Fsp3) is 0.438. The van der Waals surface area contributed by atoms with Gasteiger partial charge in [-0.05, 0) is 37.5 Å². The molecule has 6 nitrogen and oxygen atoms in total. The van der Waals surface area contributed by atoms with Crippen LogP contribution in [0.2, 0.25) is 0 Å². The molecule has 2 heterocycles. The summed E-state index contributed by atoms with van der Waals surface area (Å²) in [5.74, 6) is -0.0599. The third-order valence-corrected chi connectivity index (χ3v) is 3.91. The smallest absolute Gasteiger partial charge is 0.251 e. The van der Waals surface area contributed by atoms with Gasteiger partial charge in [-0.1, -0.05) is 12.1 Å². The van der Waals surface area contributed by atoms with Crippen LogP contribution in [0.1, 0.15) is 35.7 Å². The minimum absolute atomic E-state index is 0.0322. The lowest BCUT2D eigenvalue weighted by Crippen LogP contribution is -2.40. The molecular weight excluding hydrogens is 280 g/mol. The monoisotopic (exact) mass is 300 g/mol. The Kier molecular flexibility index (Phi) is 4.48. The normalized spacial score (nSPS) is 19.0. The fourth-order valence-electron chi connectivity index (χ4n) is 2.64. The van der Waals surface area contributed by atoms with Gasteiger partial charge in [0.15, 0.2) is 0 Å². The maximum Gasteiger partial charge on any atom is 0.251 e. The Labute approximate surface area is 129 Å². The van der Waals surface area contributed by atoms with Crippen molar-refractivity contribution in [1.82, 2.24) is 20.1 Å². The summed E-state index contributed by atoms with van der Waals surface area (Å²) in [6.07, 6.45) is 5.40. The van der Waals surface area contributed by atoms with E-state index in [-0.39, 0.29) is 18.1 Å². The average Bonchev–Trinajstić information content (AvgIpc) is 3.21. The number of nitrogens with one attached hydrogen (secondary N) is 1. The van der Waals surface area contributed by atoms with E-state index in [2.05, 4.69) is 15.4 Å². The molecule has 1 aromatic heterocycles. The van der Waals surface area contributed by atoms with E-state index in [4.69, 9.17) is 4.74 Å². The highest BCUT2D eigenvalue weighted by Crippen LogP contribution is 2.16. The molecule has 1 aromatic carbocycles. The molecule has 0 unspecified atom stereocenters. The third kappa shape index (κ3) is 3.51. The first-order chi connectivity index (χ1) is 10.7. The highest BCUT2D eigenvalue weighted by atomic mass is 16.5. The average molecular weight is 300 g/mol. The van der Waals surface area contributed by atoms with Gasteiger partial charge in [-0.2, -0.15) is 5.10 Å². The van der Waals surface area contributed by atoms with Crippen molar-refractivity contribution in [3.8, 4) is 0 Å². The number of benzene rings is 1. The summed E-state index contributed by atoms with van der Waals surface area (Å²) in [6.45, 7) is 3.43. The molecule has 1 N–H and O–H groups in total. The first-order valence-electron chi connectivity index (χ1n) is 7.56. The molecule has 0 aliphatic carbocycles. The number of aromatic nitrogens is 3. The highest BCUT2D eigenvalue weighted by molar-refractivity contribution is 5.94. The standard InChI is InChI=1S/C16H20N4O2/c1-12(15-3-2-8-22-15)19-16(21)14-6-4-13(5-7-14)9-20-11-17-10-18-20/h4-7,10-12,15H,2-3,8-9H2,1H3,(H,19,21)/t12-,15-/m1/s1. The molecule has 1 aliphatic rings. The van der Waals surface area contributed by atoms with Crippen molar-refractivity contribution in [2.45, 2.75) is 38.5 Å². The zero-order chi connectivity index (χ0) is 15.4. The zero-order valence-corrected chi connectivity index (χ0v) is 12.6. The molecule has 1 aliphatic heterocycles. The SMILES string of the molecule is C[C@@H](NC(=O)c1ccc(Cn2cncn2)cc1)[C@H]1CCCO1. The second-order valence-electron chi connectivity index (χ2n) is 5.60. The van der Waals surface area contributed by atoms with Gasteiger partial charge in [-0.3, -0.25) is 4.79 Å². The quantitative estimate of drug-likeness (QED) is 0.911. The molecule has 1 amide bonds.